The SMILES string of the molecule is Cc1ccc(C(=O)Nc2cccc(C3SCCS3)c2)cn1. The van der Waals surface area contributed by atoms with E-state index in [9.17, 15) is 4.79 Å². The van der Waals surface area contributed by atoms with Crippen LogP contribution in [-0.2, 0) is 0 Å². The molecular formula is C16H16N2OS2. The molecule has 5 heteroatoms. The highest BCUT2D eigenvalue weighted by Gasteiger charge is 2.18. The molecule has 1 aliphatic rings. The normalized spacial score (nSPS) is 15.1. The molecule has 0 spiro atoms. The predicted octanol–water partition coefficient (Wildman–Crippen LogP) is 4.12. The number of aryl methyl sites for hydroxylation is 1. The van der Waals surface area contributed by atoms with Crippen molar-refractivity contribution in [3.05, 3.63) is 59.4 Å². The molecule has 3 nitrogen and oxygen atoms in total. The number of pyridine rings is 1. The summed E-state index contributed by atoms with van der Waals surface area (Å²) in [6.07, 6.45) is 1.61. The first-order valence-corrected chi connectivity index (χ1v) is 8.89. The first-order valence-electron chi connectivity index (χ1n) is 6.79. The number of aromatic nitrogens is 1. The minimum absolute atomic E-state index is 0.119. The lowest BCUT2D eigenvalue weighted by Crippen LogP contribution is -2.12. The second kappa shape index (κ2) is 6.54. The summed E-state index contributed by atoms with van der Waals surface area (Å²) in [5.41, 5.74) is 3.59. The van der Waals surface area contributed by atoms with Crippen molar-refractivity contribution in [3.8, 4) is 0 Å². The van der Waals surface area contributed by atoms with Gasteiger partial charge in [-0.15, -0.1) is 23.5 Å². The van der Waals surface area contributed by atoms with Crippen LogP contribution in [0.25, 0.3) is 0 Å². The van der Waals surface area contributed by atoms with Crippen molar-refractivity contribution in [1.82, 2.24) is 4.98 Å². The summed E-state index contributed by atoms with van der Waals surface area (Å²) < 4.78 is 0.489. The van der Waals surface area contributed by atoms with Crippen LogP contribution in [0, 0.1) is 6.92 Å². The number of hydrogen-bond donors (Lipinski definition) is 1. The molecule has 0 saturated carbocycles. The summed E-state index contributed by atoms with van der Waals surface area (Å²) in [6.45, 7) is 1.90. The molecule has 0 bridgehead atoms. The number of anilines is 1. The van der Waals surface area contributed by atoms with Crippen LogP contribution in [0.5, 0.6) is 0 Å². The molecule has 0 atom stereocenters. The zero-order valence-electron chi connectivity index (χ0n) is 11.7. The van der Waals surface area contributed by atoms with Crippen LogP contribution in [0.1, 0.15) is 26.2 Å². The standard InChI is InChI=1S/C16H16N2OS2/c1-11-5-6-13(10-17-11)15(19)18-14-4-2-3-12(9-14)16-20-7-8-21-16/h2-6,9-10,16H,7-8H2,1H3,(H,18,19). The van der Waals surface area contributed by atoms with Crippen LogP contribution in [-0.4, -0.2) is 22.4 Å². The van der Waals surface area contributed by atoms with Crippen LogP contribution in [0.15, 0.2) is 42.6 Å². The van der Waals surface area contributed by atoms with Crippen LogP contribution in [0.2, 0.25) is 0 Å². The number of rotatable bonds is 3. The lowest BCUT2D eigenvalue weighted by atomic mass is 10.2. The summed E-state index contributed by atoms with van der Waals surface area (Å²) in [4.78, 5) is 16.4. The number of amides is 1. The Morgan fingerprint density at radius 1 is 1.24 bits per heavy atom. The van der Waals surface area contributed by atoms with Crippen LogP contribution < -0.4 is 5.32 Å². The lowest BCUT2D eigenvalue weighted by molar-refractivity contribution is 0.102. The number of benzene rings is 1. The summed E-state index contributed by atoms with van der Waals surface area (Å²) >= 11 is 3.92. The summed E-state index contributed by atoms with van der Waals surface area (Å²) in [6, 6.07) is 11.8. The molecule has 0 unspecified atom stereocenters. The van der Waals surface area contributed by atoms with Crippen molar-refractivity contribution in [1.29, 1.82) is 0 Å². The molecule has 1 fully saturated rings. The molecule has 3 rings (SSSR count). The second-order valence-corrected chi connectivity index (χ2v) is 7.57. The van der Waals surface area contributed by atoms with Crippen molar-refractivity contribution in [2.45, 2.75) is 11.5 Å². The average Bonchev–Trinajstić information content (AvgIpc) is 3.02. The highest BCUT2D eigenvalue weighted by Crippen LogP contribution is 2.45. The van der Waals surface area contributed by atoms with E-state index < -0.39 is 0 Å². The first-order chi connectivity index (χ1) is 10.2. The molecule has 108 valence electrons. The molecule has 1 saturated heterocycles. The topological polar surface area (TPSA) is 42.0 Å². The zero-order chi connectivity index (χ0) is 14.7. The molecule has 1 aromatic carbocycles. The molecule has 1 aromatic heterocycles. The predicted molar refractivity (Wildman–Crippen MR) is 91.0 cm³/mol. The summed E-state index contributed by atoms with van der Waals surface area (Å²) in [5, 5.41) is 2.94. The summed E-state index contributed by atoms with van der Waals surface area (Å²) in [7, 11) is 0. The van der Waals surface area contributed by atoms with Crippen molar-refractivity contribution in [2.75, 3.05) is 16.8 Å². The number of hydrogen-bond acceptors (Lipinski definition) is 4. The minimum atomic E-state index is -0.119. The molecule has 0 radical (unpaired) electrons. The van der Waals surface area contributed by atoms with E-state index in [4.69, 9.17) is 0 Å². The highest BCUT2D eigenvalue weighted by atomic mass is 32.2. The minimum Gasteiger partial charge on any atom is -0.322 e. The third-order valence-corrected chi connectivity index (χ3v) is 6.32. The fraction of sp³-hybridized carbons (Fsp3) is 0.250. The van der Waals surface area contributed by atoms with Crippen molar-refractivity contribution >= 4 is 35.1 Å². The fourth-order valence-electron chi connectivity index (χ4n) is 2.12. The molecule has 2 aromatic rings. The number of carbonyl (C=O) groups is 1. The van der Waals surface area contributed by atoms with E-state index in [-0.39, 0.29) is 5.91 Å². The van der Waals surface area contributed by atoms with Gasteiger partial charge < -0.3 is 5.32 Å². The Balaban J connectivity index is 1.73. The van der Waals surface area contributed by atoms with Crippen molar-refractivity contribution in [3.63, 3.8) is 0 Å². The average molecular weight is 316 g/mol. The van der Waals surface area contributed by atoms with Crippen LogP contribution >= 0.6 is 23.5 Å². The van der Waals surface area contributed by atoms with Gasteiger partial charge in [-0.05, 0) is 36.8 Å². The Labute approximate surface area is 132 Å². The molecule has 1 aliphatic heterocycles. The molecular weight excluding hydrogens is 300 g/mol. The Bertz CT molecular complexity index is 637. The molecule has 21 heavy (non-hydrogen) atoms. The van der Waals surface area contributed by atoms with Gasteiger partial charge in [0.05, 0.1) is 10.1 Å². The van der Waals surface area contributed by atoms with E-state index in [0.717, 1.165) is 11.4 Å². The third-order valence-electron chi connectivity index (χ3n) is 3.21. The maximum atomic E-state index is 12.2. The van der Waals surface area contributed by atoms with Gasteiger partial charge in [-0.25, -0.2) is 0 Å². The zero-order valence-corrected chi connectivity index (χ0v) is 13.3. The van der Waals surface area contributed by atoms with E-state index in [2.05, 4.69) is 22.4 Å². The number of nitrogens with zero attached hydrogens (tertiary/aromatic N) is 1. The quantitative estimate of drug-likeness (QED) is 0.925. The van der Waals surface area contributed by atoms with Gasteiger partial charge in [0.15, 0.2) is 0 Å². The van der Waals surface area contributed by atoms with Crippen LogP contribution in [0.4, 0.5) is 5.69 Å². The largest absolute Gasteiger partial charge is 0.322 e. The molecule has 2 heterocycles. The van der Waals surface area contributed by atoms with E-state index in [1.807, 2.05) is 48.6 Å². The molecule has 1 N–H and O–H groups in total. The van der Waals surface area contributed by atoms with E-state index in [0.29, 0.717) is 10.1 Å². The summed E-state index contributed by atoms with van der Waals surface area (Å²) in [5.74, 6) is 2.27. The molecule has 1 amide bonds. The number of carbonyl (C=O) groups excluding carboxylic acids is 1. The highest BCUT2D eigenvalue weighted by molar-refractivity contribution is 8.19. The lowest BCUT2D eigenvalue weighted by Gasteiger charge is -2.11. The Morgan fingerprint density at radius 3 is 2.76 bits per heavy atom. The second-order valence-electron chi connectivity index (χ2n) is 4.84. The maximum Gasteiger partial charge on any atom is 0.257 e. The first kappa shape index (κ1) is 14.5. The van der Waals surface area contributed by atoms with Gasteiger partial charge in [0.1, 0.15) is 0 Å². The Morgan fingerprint density at radius 2 is 2.05 bits per heavy atom. The van der Waals surface area contributed by atoms with Gasteiger partial charge in [-0.3, -0.25) is 9.78 Å². The third kappa shape index (κ3) is 3.60. The Hall–Kier alpha value is -1.46. The monoisotopic (exact) mass is 316 g/mol. The van der Waals surface area contributed by atoms with E-state index >= 15 is 0 Å². The van der Waals surface area contributed by atoms with Gasteiger partial charge in [-0.2, -0.15) is 0 Å². The van der Waals surface area contributed by atoms with Gasteiger partial charge in [-0.1, -0.05) is 12.1 Å². The van der Waals surface area contributed by atoms with Crippen molar-refractivity contribution in [2.24, 2.45) is 0 Å². The fourth-order valence-corrected chi connectivity index (χ4v) is 4.96. The van der Waals surface area contributed by atoms with E-state index in [1.54, 1.807) is 12.3 Å². The Kier molecular flexibility index (Phi) is 4.51. The van der Waals surface area contributed by atoms with E-state index in [1.165, 1.54) is 17.1 Å². The van der Waals surface area contributed by atoms with Gasteiger partial charge in [0, 0.05) is 29.1 Å². The van der Waals surface area contributed by atoms with Gasteiger partial charge >= 0.3 is 0 Å². The van der Waals surface area contributed by atoms with Crippen molar-refractivity contribution < 1.29 is 4.79 Å². The smallest absolute Gasteiger partial charge is 0.257 e. The number of thioether (sulfide) groups is 2. The van der Waals surface area contributed by atoms with Gasteiger partial charge in [0.2, 0.25) is 0 Å². The number of nitrogens with one attached hydrogen (secondary N) is 1. The maximum absolute atomic E-state index is 12.2. The van der Waals surface area contributed by atoms with Gasteiger partial charge in [0.25, 0.3) is 5.91 Å². The van der Waals surface area contributed by atoms with Crippen LogP contribution in [0.3, 0.4) is 0 Å². The molecule has 0 aliphatic carbocycles.